The van der Waals surface area contributed by atoms with E-state index in [1.165, 1.54) is 11.6 Å². The van der Waals surface area contributed by atoms with E-state index in [-0.39, 0.29) is 18.0 Å². The molecule has 1 saturated carbocycles. The van der Waals surface area contributed by atoms with Gasteiger partial charge in [-0.2, -0.15) is 0 Å². The number of thioether (sulfide) groups is 1. The molecule has 4 rings (SSSR count). The van der Waals surface area contributed by atoms with E-state index in [4.69, 9.17) is 0 Å². The Labute approximate surface area is 162 Å². The maximum atomic E-state index is 14.0. The van der Waals surface area contributed by atoms with Gasteiger partial charge in [-0.15, -0.1) is 11.8 Å². The van der Waals surface area contributed by atoms with E-state index >= 15 is 0 Å². The smallest absolute Gasteiger partial charge is 0.323 e. The molecule has 0 spiro atoms. The molecule has 4 nitrogen and oxygen atoms in total. The number of rotatable bonds is 5. The van der Waals surface area contributed by atoms with Crippen LogP contribution in [0.1, 0.15) is 30.1 Å². The lowest BCUT2D eigenvalue weighted by molar-refractivity contribution is 0.202. The molecule has 1 aliphatic heterocycles. The fourth-order valence-corrected chi connectivity index (χ4v) is 4.29. The normalized spacial score (nSPS) is 18.8. The van der Waals surface area contributed by atoms with E-state index in [1.54, 1.807) is 35.8 Å². The van der Waals surface area contributed by atoms with E-state index in [1.807, 2.05) is 24.4 Å². The van der Waals surface area contributed by atoms with Gasteiger partial charge < -0.3 is 10.6 Å². The summed E-state index contributed by atoms with van der Waals surface area (Å²) in [6.07, 6.45) is 3.87. The number of halogens is 1. The van der Waals surface area contributed by atoms with Crippen molar-refractivity contribution in [3.8, 4) is 0 Å². The number of carbonyl (C=O) groups is 1. The van der Waals surface area contributed by atoms with Gasteiger partial charge in [-0.05, 0) is 30.5 Å². The van der Waals surface area contributed by atoms with Crippen molar-refractivity contribution in [2.75, 3.05) is 7.05 Å². The topological polar surface area (TPSA) is 44.4 Å². The van der Waals surface area contributed by atoms with E-state index in [0.29, 0.717) is 5.92 Å². The minimum Gasteiger partial charge on any atom is -0.363 e. The van der Waals surface area contributed by atoms with Gasteiger partial charge in [0.2, 0.25) is 0 Å². The quantitative estimate of drug-likeness (QED) is 0.741. The maximum absolute atomic E-state index is 14.0. The Bertz CT molecular complexity index is 867. The second-order valence-corrected chi connectivity index (χ2v) is 7.84. The van der Waals surface area contributed by atoms with Crippen LogP contribution in [0.3, 0.4) is 0 Å². The highest BCUT2D eigenvalue weighted by atomic mass is 32.2. The fourth-order valence-electron chi connectivity index (χ4n) is 3.23. The van der Waals surface area contributed by atoms with E-state index in [0.717, 1.165) is 34.8 Å². The van der Waals surface area contributed by atoms with E-state index < -0.39 is 0 Å². The molecule has 1 fully saturated rings. The van der Waals surface area contributed by atoms with Crippen molar-refractivity contribution in [2.24, 2.45) is 5.92 Å². The molecule has 6 heteroatoms. The number of hydrogen-bond acceptors (Lipinski definition) is 3. The molecule has 1 heterocycles. The van der Waals surface area contributed by atoms with Crippen molar-refractivity contribution in [1.82, 2.24) is 15.5 Å². The Morgan fingerprint density at radius 2 is 2.04 bits per heavy atom. The molecule has 1 aliphatic carbocycles. The number of allylic oxidation sites excluding steroid dienone is 1. The zero-order chi connectivity index (χ0) is 18.8. The van der Waals surface area contributed by atoms with Gasteiger partial charge in [0.1, 0.15) is 12.0 Å². The Hall–Kier alpha value is -2.47. The molecule has 0 bridgehead atoms. The van der Waals surface area contributed by atoms with Crippen LogP contribution in [0.25, 0.3) is 0 Å². The third kappa shape index (κ3) is 3.95. The lowest BCUT2D eigenvalue weighted by Gasteiger charge is -2.26. The second kappa shape index (κ2) is 7.64. The van der Waals surface area contributed by atoms with Crippen LogP contribution in [0.15, 0.2) is 65.3 Å². The number of benzene rings is 2. The average Bonchev–Trinajstić information content (AvgIpc) is 3.46. The van der Waals surface area contributed by atoms with Crippen LogP contribution in [0.4, 0.5) is 9.18 Å². The summed E-state index contributed by atoms with van der Waals surface area (Å²) in [5.74, 6) is 0.976. The van der Waals surface area contributed by atoms with Crippen molar-refractivity contribution in [2.45, 2.75) is 29.7 Å². The zero-order valence-corrected chi connectivity index (χ0v) is 15.9. The molecule has 1 unspecified atom stereocenters. The third-order valence-electron chi connectivity index (χ3n) is 4.83. The Kier molecular flexibility index (Phi) is 5.07. The highest BCUT2D eigenvalue weighted by molar-refractivity contribution is 7.98. The number of nitrogens with one attached hydrogen (secondary N) is 2. The van der Waals surface area contributed by atoms with Gasteiger partial charge in [-0.3, -0.25) is 4.90 Å². The Morgan fingerprint density at radius 3 is 2.74 bits per heavy atom. The molecule has 1 atom stereocenters. The van der Waals surface area contributed by atoms with E-state index in [9.17, 15) is 9.18 Å². The van der Waals surface area contributed by atoms with Crippen LogP contribution in [0.2, 0.25) is 0 Å². The first-order chi connectivity index (χ1) is 13.2. The molecule has 27 heavy (non-hydrogen) atoms. The predicted octanol–water partition coefficient (Wildman–Crippen LogP) is 4.61. The molecule has 2 aliphatic rings. The van der Waals surface area contributed by atoms with Gasteiger partial charge in [-0.25, -0.2) is 9.18 Å². The summed E-state index contributed by atoms with van der Waals surface area (Å²) in [6.45, 7) is 0. The molecular formula is C21H22FN3OS. The van der Waals surface area contributed by atoms with Gasteiger partial charge in [0, 0.05) is 41.1 Å². The third-order valence-corrected chi connectivity index (χ3v) is 5.97. The second-order valence-electron chi connectivity index (χ2n) is 6.82. The van der Waals surface area contributed by atoms with Crippen molar-refractivity contribution in [3.63, 3.8) is 0 Å². The lowest BCUT2D eigenvalue weighted by Crippen LogP contribution is -2.38. The first-order valence-corrected chi connectivity index (χ1v) is 10.1. The van der Waals surface area contributed by atoms with Crippen molar-refractivity contribution >= 4 is 17.8 Å². The molecule has 2 aromatic carbocycles. The number of urea groups is 1. The molecule has 0 aromatic heterocycles. The summed E-state index contributed by atoms with van der Waals surface area (Å²) in [5, 5.41) is 6.18. The summed E-state index contributed by atoms with van der Waals surface area (Å²) >= 11 is 1.59. The SMILES string of the molecule is CNC(=O)N1C=C(C2CC2)NC1c1ccc(F)cc1SCc1ccccc1. The monoisotopic (exact) mass is 383 g/mol. The van der Waals surface area contributed by atoms with Crippen LogP contribution in [0, 0.1) is 11.7 Å². The Balaban J connectivity index is 1.61. The summed E-state index contributed by atoms with van der Waals surface area (Å²) in [4.78, 5) is 14.9. The van der Waals surface area contributed by atoms with Gasteiger partial charge in [-0.1, -0.05) is 36.4 Å². The van der Waals surface area contributed by atoms with Gasteiger partial charge in [0.25, 0.3) is 0 Å². The van der Waals surface area contributed by atoms with Crippen LogP contribution in [-0.2, 0) is 5.75 Å². The van der Waals surface area contributed by atoms with Gasteiger partial charge >= 0.3 is 6.03 Å². The first-order valence-electron chi connectivity index (χ1n) is 9.10. The molecule has 2 N–H and O–H groups in total. The number of amides is 2. The number of nitrogens with zero attached hydrogens (tertiary/aromatic N) is 1. The fraction of sp³-hybridized carbons (Fsp3) is 0.286. The lowest BCUT2D eigenvalue weighted by atomic mass is 10.1. The highest BCUT2D eigenvalue weighted by Crippen LogP contribution is 2.42. The molecule has 2 aromatic rings. The minimum atomic E-state index is -0.320. The Morgan fingerprint density at radius 1 is 1.26 bits per heavy atom. The average molecular weight is 383 g/mol. The summed E-state index contributed by atoms with van der Waals surface area (Å²) in [5.41, 5.74) is 3.18. The van der Waals surface area contributed by atoms with Gasteiger partial charge in [0.15, 0.2) is 0 Å². The largest absolute Gasteiger partial charge is 0.363 e. The minimum absolute atomic E-state index is 0.175. The summed E-state index contributed by atoms with van der Waals surface area (Å²) < 4.78 is 14.0. The maximum Gasteiger partial charge on any atom is 0.323 e. The molecule has 2 amide bonds. The highest BCUT2D eigenvalue weighted by Gasteiger charge is 2.37. The summed E-state index contributed by atoms with van der Waals surface area (Å²) in [7, 11) is 1.62. The number of carbonyl (C=O) groups excluding carboxylic acids is 1. The van der Waals surface area contributed by atoms with Crippen LogP contribution in [-0.4, -0.2) is 18.0 Å². The molecule has 0 radical (unpaired) electrons. The molecule has 0 saturated heterocycles. The van der Waals surface area contributed by atoms with Crippen LogP contribution < -0.4 is 10.6 Å². The predicted molar refractivity (Wildman–Crippen MR) is 105 cm³/mol. The molecule has 140 valence electrons. The zero-order valence-electron chi connectivity index (χ0n) is 15.1. The summed E-state index contributed by atoms with van der Waals surface area (Å²) in [6, 6.07) is 14.7. The first kappa shape index (κ1) is 17.9. The van der Waals surface area contributed by atoms with Crippen molar-refractivity contribution < 1.29 is 9.18 Å². The van der Waals surface area contributed by atoms with Gasteiger partial charge in [0.05, 0.1) is 0 Å². The van der Waals surface area contributed by atoms with Crippen LogP contribution >= 0.6 is 11.8 Å². The van der Waals surface area contributed by atoms with E-state index in [2.05, 4.69) is 22.8 Å². The number of hydrogen-bond donors (Lipinski definition) is 2. The van der Waals surface area contributed by atoms with Crippen molar-refractivity contribution in [1.29, 1.82) is 0 Å². The van der Waals surface area contributed by atoms with Crippen LogP contribution in [0.5, 0.6) is 0 Å². The standard InChI is InChI=1S/C21H22FN3OS/c1-23-21(26)25-12-18(15-7-8-15)24-20(25)17-10-9-16(22)11-19(17)27-13-14-5-3-2-4-6-14/h2-6,9-12,15,20,24H,7-8,13H2,1H3,(H,23,26). The van der Waals surface area contributed by atoms with Crippen molar-refractivity contribution in [3.05, 3.63) is 77.4 Å². The molecular weight excluding hydrogens is 361 g/mol.